The molecule has 3 aromatic heterocycles. The third-order valence-corrected chi connectivity index (χ3v) is 5.29. The summed E-state index contributed by atoms with van der Waals surface area (Å²) < 4.78 is 43.8. The second-order valence-electron chi connectivity index (χ2n) is 6.85. The number of benzene rings is 1. The Balaban J connectivity index is 2.09. The van der Waals surface area contributed by atoms with E-state index in [1.807, 2.05) is 0 Å². The highest BCUT2D eigenvalue weighted by molar-refractivity contribution is 6.30. The van der Waals surface area contributed by atoms with Gasteiger partial charge in [-0.3, -0.25) is 14.3 Å². The first kappa shape index (κ1) is 22.1. The zero-order valence-electron chi connectivity index (χ0n) is 16.4. The third kappa shape index (κ3) is 3.91. The SMILES string of the molecule is CCn1c(=O)[nH]c(=O)c2c1nc(-c1ccc(Cl)nc1C(F)(F)F)n2Cc1ccc(Cl)cc1. The van der Waals surface area contributed by atoms with Gasteiger partial charge in [0.2, 0.25) is 0 Å². The van der Waals surface area contributed by atoms with Crippen molar-refractivity contribution in [2.45, 2.75) is 26.2 Å². The minimum absolute atomic E-state index is 0.00603. The largest absolute Gasteiger partial charge is 0.434 e. The van der Waals surface area contributed by atoms with E-state index in [4.69, 9.17) is 23.2 Å². The lowest BCUT2D eigenvalue weighted by Gasteiger charge is -2.14. The van der Waals surface area contributed by atoms with Crippen LogP contribution in [0.4, 0.5) is 13.2 Å². The number of imidazole rings is 1. The lowest BCUT2D eigenvalue weighted by molar-refractivity contribution is -0.140. The highest BCUT2D eigenvalue weighted by Gasteiger charge is 2.37. The Morgan fingerprint density at radius 2 is 1.69 bits per heavy atom. The number of fused-ring (bicyclic) bond motifs is 1. The van der Waals surface area contributed by atoms with Gasteiger partial charge in [-0.1, -0.05) is 35.3 Å². The van der Waals surface area contributed by atoms with Crippen molar-refractivity contribution >= 4 is 34.4 Å². The number of nitrogens with one attached hydrogen (secondary N) is 1. The number of pyridine rings is 1. The zero-order valence-corrected chi connectivity index (χ0v) is 17.9. The lowest BCUT2D eigenvalue weighted by Crippen LogP contribution is -2.30. The summed E-state index contributed by atoms with van der Waals surface area (Å²) in [4.78, 5) is 34.9. The summed E-state index contributed by atoms with van der Waals surface area (Å²) in [5, 5.41) is 0.133. The number of aryl methyl sites for hydroxylation is 1. The minimum Gasteiger partial charge on any atom is -0.314 e. The fourth-order valence-corrected chi connectivity index (χ4v) is 3.70. The standard InChI is InChI=1S/C20H14Cl2F3N5O2/c1-2-29-17-14(18(31)28-19(29)32)30(9-10-3-5-11(21)6-4-10)16(27-17)12-7-8-13(22)26-15(12)20(23,24)25/h3-8H,2,9H2,1H3,(H,28,31,32). The van der Waals surface area contributed by atoms with Crippen molar-refractivity contribution in [2.75, 3.05) is 0 Å². The number of alkyl halides is 3. The molecule has 4 aromatic rings. The Hall–Kier alpha value is -3.11. The highest BCUT2D eigenvalue weighted by Crippen LogP contribution is 2.37. The van der Waals surface area contributed by atoms with Crippen LogP contribution < -0.4 is 11.2 Å². The molecule has 0 aliphatic heterocycles. The van der Waals surface area contributed by atoms with Gasteiger partial charge in [0.15, 0.2) is 16.9 Å². The first-order chi connectivity index (χ1) is 15.1. The summed E-state index contributed by atoms with van der Waals surface area (Å²) in [6.45, 7) is 1.80. The average molecular weight is 484 g/mol. The molecule has 0 fully saturated rings. The van der Waals surface area contributed by atoms with Crippen LogP contribution >= 0.6 is 23.2 Å². The van der Waals surface area contributed by atoms with E-state index in [1.165, 1.54) is 15.2 Å². The molecule has 0 radical (unpaired) electrons. The smallest absolute Gasteiger partial charge is 0.314 e. The quantitative estimate of drug-likeness (QED) is 0.437. The van der Waals surface area contributed by atoms with E-state index in [0.717, 1.165) is 6.07 Å². The fraction of sp³-hybridized carbons (Fsp3) is 0.200. The maximum absolute atomic E-state index is 13.8. The number of hydrogen-bond donors (Lipinski definition) is 1. The van der Waals surface area contributed by atoms with Crippen LogP contribution in [0.15, 0.2) is 46.0 Å². The molecule has 0 amide bonds. The van der Waals surface area contributed by atoms with Crippen molar-refractivity contribution in [3.05, 3.63) is 78.7 Å². The number of hydrogen-bond acceptors (Lipinski definition) is 4. The van der Waals surface area contributed by atoms with Crippen molar-refractivity contribution < 1.29 is 13.2 Å². The van der Waals surface area contributed by atoms with E-state index in [0.29, 0.717) is 10.6 Å². The lowest BCUT2D eigenvalue weighted by atomic mass is 10.1. The maximum Gasteiger partial charge on any atom is 0.434 e. The average Bonchev–Trinajstić information content (AvgIpc) is 3.08. The predicted octanol–water partition coefficient (Wildman–Crippen LogP) is 4.34. The van der Waals surface area contributed by atoms with Crippen LogP contribution in [0.3, 0.4) is 0 Å². The van der Waals surface area contributed by atoms with E-state index in [2.05, 4.69) is 15.0 Å². The van der Waals surface area contributed by atoms with Gasteiger partial charge in [0.1, 0.15) is 11.0 Å². The second kappa shape index (κ2) is 8.10. The molecule has 0 atom stereocenters. The monoisotopic (exact) mass is 483 g/mol. The number of halogens is 5. The molecule has 12 heteroatoms. The zero-order chi connectivity index (χ0) is 23.2. The fourth-order valence-electron chi connectivity index (χ4n) is 3.43. The topological polar surface area (TPSA) is 85.6 Å². The van der Waals surface area contributed by atoms with Crippen molar-refractivity contribution in [2.24, 2.45) is 0 Å². The van der Waals surface area contributed by atoms with Crippen LogP contribution in [0, 0.1) is 0 Å². The van der Waals surface area contributed by atoms with Crippen molar-refractivity contribution in [1.29, 1.82) is 0 Å². The molecular formula is C20H14Cl2F3N5O2. The van der Waals surface area contributed by atoms with E-state index in [9.17, 15) is 22.8 Å². The number of nitrogens with zero attached hydrogens (tertiary/aromatic N) is 4. The first-order valence-corrected chi connectivity index (χ1v) is 10.1. The summed E-state index contributed by atoms with van der Waals surface area (Å²) in [5.74, 6) is -0.176. The summed E-state index contributed by atoms with van der Waals surface area (Å²) in [6, 6.07) is 8.93. The molecule has 1 aromatic carbocycles. The molecule has 0 bridgehead atoms. The summed E-state index contributed by atoms with van der Waals surface area (Å²) >= 11 is 11.6. The number of aromatic nitrogens is 5. The van der Waals surface area contributed by atoms with E-state index in [-0.39, 0.29) is 40.8 Å². The van der Waals surface area contributed by atoms with Gasteiger partial charge in [-0.25, -0.2) is 14.8 Å². The first-order valence-electron chi connectivity index (χ1n) is 9.32. The predicted molar refractivity (Wildman–Crippen MR) is 114 cm³/mol. The molecule has 32 heavy (non-hydrogen) atoms. The summed E-state index contributed by atoms with van der Waals surface area (Å²) in [5.41, 5.74) is -2.52. The number of H-pyrrole nitrogens is 1. The Labute approximate surface area is 188 Å². The second-order valence-corrected chi connectivity index (χ2v) is 7.68. The van der Waals surface area contributed by atoms with Gasteiger partial charge in [-0.05, 0) is 36.8 Å². The van der Waals surface area contributed by atoms with E-state index < -0.39 is 23.1 Å². The van der Waals surface area contributed by atoms with Crippen LogP contribution in [-0.4, -0.2) is 24.1 Å². The molecule has 0 aliphatic rings. The number of rotatable bonds is 4. The summed E-state index contributed by atoms with van der Waals surface area (Å²) in [7, 11) is 0. The molecule has 0 saturated carbocycles. The molecular weight excluding hydrogens is 470 g/mol. The molecule has 4 rings (SSSR count). The Morgan fingerprint density at radius 1 is 1.00 bits per heavy atom. The Kier molecular flexibility index (Phi) is 5.59. The molecule has 0 spiro atoms. The number of aromatic amines is 1. The Bertz CT molecular complexity index is 1440. The maximum atomic E-state index is 13.8. The molecule has 0 aliphatic carbocycles. The van der Waals surface area contributed by atoms with Gasteiger partial charge >= 0.3 is 11.9 Å². The van der Waals surface area contributed by atoms with Crippen molar-refractivity contribution in [3.63, 3.8) is 0 Å². The van der Waals surface area contributed by atoms with E-state index >= 15 is 0 Å². The van der Waals surface area contributed by atoms with Gasteiger partial charge in [0.05, 0.1) is 0 Å². The third-order valence-electron chi connectivity index (χ3n) is 4.83. The van der Waals surface area contributed by atoms with Crippen molar-refractivity contribution in [3.8, 4) is 11.4 Å². The van der Waals surface area contributed by atoms with Crippen molar-refractivity contribution in [1.82, 2.24) is 24.1 Å². The molecule has 7 nitrogen and oxygen atoms in total. The van der Waals surface area contributed by atoms with Gasteiger partial charge in [0, 0.05) is 23.7 Å². The van der Waals surface area contributed by atoms with Crippen LogP contribution in [0.25, 0.3) is 22.6 Å². The molecule has 3 heterocycles. The Morgan fingerprint density at radius 3 is 2.31 bits per heavy atom. The van der Waals surface area contributed by atoms with Gasteiger partial charge < -0.3 is 4.57 Å². The molecule has 1 N–H and O–H groups in total. The minimum atomic E-state index is -4.83. The van der Waals surface area contributed by atoms with E-state index in [1.54, 1.807) is 31.2 Å². The summed E-state index contributed by atoms with van der Waals surface area (Å²) in [6.07, 6.45) is -4.83. The molecule has 0 unspecified atom stereocenters. The van der Waals surface area contributed by atoms with Crippen LogP contribution in [-0.2, 0) is 19.3 Å². The normalized spacial score (nSPS) is 11.9. The van der Waals surface area contributed by atoms with Crippen LogP contribution in [0.5, 0.6) is 0 Å². The van der Waals surface area contributed by atoms with Gasteiger partial charge in [-0.2, -0.15) is 13.2 Å². The van der Waals surface area contributed by atoms with Crippen LogP contribution in [0.1, 0.15) is 18.2 Å². The molecule has 166 valence electrons. The van der Waals surface area contributed by atoms with Crippen LogP contribution in [0.2, 0.25) is 10.2 Å². The van der Waals surface area contributed by atoms with Gasteiger partial charge in [0.25, 0.3) is 5.56 Å². The molecule has 0 saturated heterocycles. The van der Waals surface area contributed by atoms with Gasteiger partial charge in [-0.15, -0.1) is 0 Å². The highest BCUT2D eigenvalue weighted by atomic mass is 35.5.